The van der Waals surface area contributed by atoms with Gasteiger partial charge in [0.15, 0.2) is 0 Å². The van der Waals surface area contributed by atoms with Crippen LogP contribution in [0.5, 0.6) is 0 Å². The Kier molecular flexibility index (Phi) is 4.83. The van der Waals surface area contributed by atoms with E-state index in [0.717, 1.165) is 30.2 Å². The fourth-order valence-corrected chi connectivity index (χ4v) is 5.08. The second-order valence-corrected chi connectivity index (χ2v) is 8.65. The van der Waals surface area contributed by atoms with Crippen molar-refractivity contribution in [2.24, 2.45) is 0 Å². The number of rotatable bonds is 4. The average Bonchev–Trinajstić information content (AvgIpc) is 2.80. The number of amides is 2. The van der Waals surface area contributed by atoms with E-state index in [0.29, 0.717) is 0 Å². The van der Waals surface area contributed by atoms with Crippen molar-refractivity contribution in [3.63, 3.8) is 0 Å². The number of piperidine rings is 1. The fourth-order valence-electron chi connectivity index (χ4n) is 3.51. The van der Waals surface area contributed by atoms with E-state index < -0.39 is 15.9 Å². The average molecular weight is 366 g/mol. The number of carbonyl (C=O) groups excluding carboxylic acids is 2. The number of nitrogens with zero attached hydrogens (tertiary/aromatic N) is 2. The molecule has 2 amide bonds. The van der Waals surface area contributed by atoms with E-state index in [9.17, 15) is 18.0 Å². The van der Waals surface area contributed by atoms with E-state index in [1.807, 2.05) is 0 Å². The molecule has 3 rings (SSSR count). The third kappa shape index (κ3) is 3.28. The fraction of sp³-hybridized carbons (Fsp3) is 0.529. The molecule has 25 heavy (non-hydrogen) atoms. The normalized spacial score (nSPS) is 24.9. The number of hydrogen-bond acceptors (Lipinski definition) is 4. The van der Waals surface area contributed by atoms with Crippen LogP contribution in [0.2, 0.25) is 0 Å². The van der Waals surface area contributed by atoms with Gasteiger partial charge in [-0.05, 0) is 12.1 Å². The first kappa shape index (κ1) is 17.9. The van der Waals surface area contributed by atoms with E-state index >= 15 is 0 Å². The topological polar surface area (TPSA) is 79.2 Å². The molecule has 136 valence electrons. The zero-order valence-electron chi connectivity index (χ0n) is 14.6. The van der Waals surface area contributed by atoms with Crippen LogP contribution in [0.15, 0.2) is 29.2 Å². The minimum Gasteiger partial charge on any atom is -0.342 e. The molecule has 0 bridgehead atoms. The highest BCUT2D eigenvalue weighted by atomic mass is 32.2. The van der Waals surface area contributed by atoms with Crippen molar-refractivity contribution in [3.05, 3.63) is 29.8 Å². The van der Waals surface area contributed by atoms with Crippen LogP contribution in [0.4, 0.5) is 0 Å². The summed E-state index contributed by atoms with van der Waals surface area (Å²) >= 11 is 0. The van der Waals surface area contributed by atoms with E-state index in [-0.39, 0.29) is 35.4 Å². The van der Waals surface area contributed by atoms with Gasteiger partial charge in [-0.1, -0.05) is 12.1 Å². The van der Waals surface area contributed by atoms with E-state index in [1.165, 1.54) is 17.0 Å². The lowest BCUT2D eigenvalue weighted by Gasteiger charge is -2.33. The molecule has 1 N–H and O–H groups in total. The maximum absolute atomic E-state index is 12.5. The summed E-state index contributed by atoms with van der Waals surface area (Å²) in [5, 5.41) is 0. The van der Waals surface area contributed by atoms with E-state index in [4.69, 9.17) is 0 Å². The van der Waals surface area contributed by atoms with Gasteiger partial charge in [0.1, 0.15) is 4.90 Å². The standard InChI is InChI=1S/C17H23N3O4S/c1-18-10-7-13(8-11-18)19(2)16(21)9-12-20-17(22)14-5-3-4-6-15(14)25(20,23)24/h3-6,13H,7-12H2,1-2H3/p+1. The SMILES string of the molecule is CN(C(=O)CCN1C(=O)c2ccccc2S1(=O)=O)C1CC[NH+](C)CC1. The van der Waals surface area contributed by atoms with Crippen molar-refractivity contribution >= 4 is 21.8 Å². The van der Waals surface area contributed by atoms with Crippen LogP contribution in [0.3, 0.4) is 0 Å². The van der Waals surface area contributed by atoms with Crippen LogP contribution in [0, 0.1) is 0 Å². The maximum atomic E-state index is 12.5. The molecule has 0 radical (unpaired) electrons. The van der Waals surface area contributed by atoms with Gasteiger partial charge in [-0.25, -0.2) is 12.7 Å². The first-order chi connectivity index (χ1) is 11.8. The molecule has 1 aromatic rings. The number of fused-ring (bicyclic) bond motifs is 1. The van der Waals surface area contributed by atoms with Crippen LogP contribution < -0.4 is 4.90 Å². The molecule has 2 aliphatic heterocycles. The van der Waals surface area contributed by atoms with Crippen molar-refractivity contribution in [3.8, 4) is 0 Å². The lowest BCUT2D eigenvalue weighted by molar-refractivity contribution is -0.885. The van der Waals surface area contributed by atoms with Crippen LogP contribution in [-0.2, 0) is 14.8 Å². The van der Waals surface area contributed by atoms with Gasteiger partial charge in [-0.15, -0.1) is 0 Å². The van der Waals surface area contributed by atoms with Gasteiger partial charge in [-0.2, -0.15) is 0 Å². The van der Waals surface area contributed by atoms with Crippen molar-refractivity contribution in [1.82, 2.24) is 9.21 Å². The number of sulfonamides is 1. The minimum atomic E-state index is -3.84. The van der Waals surface area contributed by atoms with E-state index in [2.05, 4.69) is 7.05 Å². The molecule has 0 atom stereocenters. The third-order valence-corrected chi connectivity index (χ3v) is 7.03. The minimum absolute atomic E-state index is 0.00859. The Bertz CT molecular complexity index is 785. The van der Waals surface area contributed by atoms with Gasteiger partial charge in [-0.3, -0.25) is 9.59 Å². The Balaban J connectivity index is 1.64. The number of benzene rings is 1. The van der Waals surface area contributed by atoms with Crippen molar-refractivity contribution in [2.45, 2.75) is 30.2 Å². The summed E-state index contributed by atoms with van der Waals surface area (Å²) in [6, 6.07) is 6.35. The molecule has 0 unspecified atom stereocenters. The van der Waals surface area contributed by atoms with Gasteiger partial charge in [0.05, 0.1) is 25.7 Å². The molecule has 2 heterocycles. The summed E-state index contributed by atoms with van der Waals surface area (Å²) < 4.78 is 25.8. The van der Waals surface area contributed by atoms with Crippen molar-refractivity contribution in [1.29, 1.82) is 0 Å². The second-order valence-electron chi connectivity index (χ2n) is 6.82. The highest BCUT2D eigenvalue weighted by Crippen LogP contribution is 2.30. The lowest BCUT2D eigenvalue weighted by atomic mass is 10.0. The molecule has 1 saturated heterocycles. The zero-order chi connectivity index (χ0) is 18.2. The Hall–Kier alpha value is -1.93. The molecular weight excluding hydrogens is 342 g/mol. The quantitative estimate of drug-likeness (QED) is 0.769. The molecule has 0 aliphatic carbocycles. The first-order valence-electron chi connectivity index (χ1n) is 8.55. The van der Waals surface area contributed by atoms with Gasteiger partial charge < -0.3 is 9.80 Å². The molecule has 8 heteroatoms. The predicted molar refractivity (Wildman–Crippen MR) is 91.7 cm³/mol. The summed E-state index contributed by atoms with van der Waals surface area (Å²) in [4.78, 5) is 28.0. The Morgan fingerprint density at radius 1 is 1.28 bits per heavy atom. The predicted octanol–water partition coefficient (Wildman–Crippen LogP) is -0.643. The summed E-state index contributed by atoms with van der Waals surface area (Å²) in [6.45, 7) is 1.93. The molecular formula is C17H24N3O4S+. The molecule has 1 fully saturated rings. The summed E-state index contributed by atoms with van der Waals surface area (Å²) in [5.41, 5.74) is 0.182. The van der Waals surface area contributed by atoms with Gasteiger partial charge in [0, 0.05) is 38.9 Å². The van der Waals surface area contributed by atoms with Gasteiger partial charge in [0.25, 0.3) is 15.9 Å². The monoisotopic (exact) mass is 366 g/mol. The van der Waals surface area contributed by atoms with Crippen molar-refractivity contribution in [2.75, 3.05) is 33.7 Å². The molecule has 0 aromatic heterocycles. The van der Waals surface area contributed by atoms with Crippen molar-refractivity contribution < 1.29 is 22.9 Å². The smallest absolute Gasteiger partial charge is 0.269 e. The second kappa shape index (κ2) is 6.76. The highest BCUT2D eigenvalue weighted by Gasteiger charge is 2.41. The number of hydrogen-bond donors (Lipinski definition) is 1. The molecule has 7 nitrogen and oxygen atoms in total. The number of quaternary nitrogens is 1. The molecule has 0 spiro atoms. The molecule has 2 aliphatic rings. The third-order valence-electron chi connectivity index (χ3n) is 5.19. The Labute approximate surface area is 148 Å². The Morgan fingerprint density at radius 2 is 1.92 bits per heavy atom. The van der Waals surface area contributed by atoms with Crippen LogP contribution in [0.25, 0.3) is 0 Å². The van der Waals surface area contributed by atoms with E-state index in [1.54, 1.807) is 24.1 Å². The summed E-state index contributed by atoms with van der Waals surface area (Å²) in [6.07, 6.45) is 1.90. The van der Waals surface area contributed by atoms with Gasteiger partial charge in [0.2, 0.25) is 5.91 Å². The maximum Gasteiger partial charge on any atom is 0.269 e. The zero-order valence-corrected chi connectivity index (χ0v) is 15.4. The summed E-state index contributed by atoms with van der Waals surface area (Å²) in [7, 11) is 0.0656. The lowest BCUT2D eigenvalue weighted by Crippen LogP contribution is -3.10. The molecule has 0 saturated carbocycles. The van der Waals surface area contributed by atoms with Gasteiger partial charge >= 0.3 is 0 Å². The first-order valence-corrected chi connectivity index (χ1v) is 9.99. The van der Waals surface area contributed by atoms with Crippen LogP contribution in [0.1, 0.15) is 29.6 Å². The Morgan fingerprint density at radius 3 is 2.56 bits per heavy atom. The highest BCUT2D eigenvalue weighted by molar-refractivity contribution is 7.90. The van der Waals surface area contributed by atoms with Crippen LogP contribution in [-0.4, -0.2) is 69.2 Å². The summed E-state index contributed by atoms with van der Waals surface area (Å²) in [5.74, 6) is -0.669. The number of carbonyl (C=O) groups is 2. The van der Waals surface area contributed by atoms with Crippen LogP contribution >= 0.6 is 0 Å². The number of likely N-dealkylation sites (tertiary alicyclic amines) is 1. The number of nitrogens with one attached hydrogen (secondary N) is 1. The molecule has 1 aromatic carbocycles. The largest absolute Gasteiger partial charge is 0.342 e.